The molecule has 1 aromatic carbocycles. The van der Waals surface area contributed by atoms with Crippen LogP contribution in [0, 0.1) is 22.7 Å². The van der Waals surface area contributed by atoms with Gasteiger partial charge >= 0.3 is 5.97 Å². The third-order valence-electron chi connectivity index (χ3n) is 7.72. The molecule has 0 saturated heterocycles. The van der Waals surface area contributed by atoms with Gasteiger partial charge in [-0.15, -0.1) is 0 Å². The maximum absolute atomic E-state index is 12.9. The van der Waals surface area contributed by atoms with E-state index in [0.29, 0.717) is 12.3 Å². The number of hydrogen-bond donors (Lipinski definition) is 4. The number of carboxylic acids is 1. The molecule has 0 unspecified atom stereocenters. The second-order valence-corrected chi connectivity index (χ2v) is 9.29. The van der Waals surface area contributed by atoms with Crippen LogP contribution in [0.4, 0.5) is 5.69 Å². The summed E-state index contributed by atoms with van der Waals surface area (Å²) in [6, 6.07) is 2.17. The number of fused-ring (bicyclic) bond motifs is 2. The summed E-state index contributed by atoms with van der Waals surface area (Å²) in [4.78, 5) is 36.7. The van der Waals surface area contributed by atoms with Crippen LogP contribution in [0.3, 0.4) is 0 Å². The zero-order chi connectivity index (χ0) is 21.7. The van der Waals surface area contributed by atoms with Crippen LogP contribution in [-0.2, 0) is 9.59 Å². The lowest BCUT2D eigenvalue weighted by Crippen LogP contribution is -2.53. The van der Waals surface area contributed by atoms with Gasteiger partial charge in [0, 0.05) is 11.8 Å². The molecular weight excluding hydrogens is 386 g/mol. The monoisotopic (exact) mass is 413 g/mol. The molecule has 0 aliphatic heterocycles. The molecule has 7 nitrogen and oxygen atoms in total. The van der Waals surface area contributed by atoms with Crippen LogP contribution in [0.25, 0.3) is 0 Å². The van der Waals surface area contributed by atoms with Crippen LogP contribution in [0.2, 0.25) is 0 Å². The number of ketones is 1. The lowest BCUT2D eigenvalue weighted by atomic mass is 9.45. The number of nitrogens with one attached hydrogen (secondary N) is 1. The first-order chi connectivity index (χ1) is 14.2. The van der Waals surface area contributed by atoms with Crippen molar-refractivity contribution < 1.29 is 29.7 Å². The predicted octanol–water partition coefficient (Wildman–Crippen LogP) is 3.86. The van der Waals surface area contributed by atoms with Gasteiger partial charge in [0.2, 0.25) is 5.91 Å². The van der Waals surface area contributed by atoms with E-state index in [1.807, 2.05) is 6.92 Å². The van der Waals surface area contributed by atoms with Gasteiger partial charge in [-0.1, -0.05) is 13.0 Å². The summed E-state index contributed by atoms with van der Waals surface area (Å²) < 4.78 is 0. The Morgan fingerprint density at radius 2 is 1.90 bits per heavy atom. The van der Waals surface area contributed by atoms with Gasteiger partial charge in [-0.3, -0.25) is 9.59 Å². The number of anilines is 1. The normalized spacial score (nSPS) is 32.0. The van der Waals surface area contributed by atoms with Crippen LogP contribution < -0.4 is 5.32 Å². The highest BCUT2D eigenvalue weighted by Gasteiger charge is 2.57. The van der Waals surface area contributed by atoms with Gasteiger partial charge in [-0.05, 0) is 74.0 Å². The zero-order valence-corrected chi connectivity index (χ0v) is 17.0. The minimum atomic E-state index is -1.37. The molecule has 160 valence electrons. The summed E-state index contributed by atoms with van der Waals surface area (Å²) >= 11 is 0. The number of aromatic hydroxyl groups is 2. The number of aromatic carboxylic acids is 1. The molecule has 4 aliphatic rings. The van der Waals surface area contributed by atoms with E-state index in [1.54, 1.807) is 6.08 Å². The number of carboxylic acid groups (broad SMARTS) is 1. The van der Waals surface area contributed by atoms with Gasteiger partial charge in [-0.25, -0.2) is 4.79 Å². The van der Waals surface area contributed by atoms with Crippen molar-refractivity contribution in [3.63, 3.8) is 0 Å². The largest absolute Gasteiger partial charge is 0.506 e. The smallest absolute Gasteiger partial charge is 0.339 e. The van der Waals surface area contributed by atoms with E-state index in [2.05, 4.69) is 11.4 Å². The molecule has 1 spiro atoms. The molecular formula is C23H27NO6. The van der Waals surface area contributed by atoms with Crippen LogP contribution in [0.5, 0.6) is 11.5 Å². The number of allylic oxidation sites excluding steroid dienone is 2. The van der Waals surface area contributed by atoms with Gasteiger partial charge in [-0.2, -0.15) is 0 Å². The summed E-state index contributed by atoms with van der Waals surface area (Å²) in [6.45, 7) is 1.96. The Bertz CT molecular complexity index is 943. The van der Waals surface area contributed by atoms with Crippen molar-refractivity contribution in [3.8, 4) is 11.5 Å². The molecule has 1 amide bonds. The third-order valence-corrected chi connectivity index (χ3v) is 7.72. The number of benzene rings is 1. The van der Waals surface area contributed by atoms with E-state index >= 15 is 0 Å². The maximum Gasteiger partial charge on any atom is 0.339 e. The molecule has 0 heterocycles. The van der Waals surface area contributed by atoms with Crippen LogP contribution >= 0.6 is 0 Å². The molecule has 5 rings (SSSR count). The van der Waals surface area contributed by atoms with Crippen molar-refractivity contribution >= 4 is 23.3 Å². The summed E-state index contributed by atoms with van der Waals surface area (Å²) in [6.07, 6.45) is 9.81. The molecule has 4 aliphatic carbocycles. The van der Waals surface area contributed by atoms with Crippen molar-refractivity contribution in [1.82, 2.24) is 0 Å². The quantitative estimate of drug-likeness (QED) is 0.544. The van der Waals surface area contributed by atoms with Crippen molar-refractivity contribution in [3.05, 3.63) is 29.8 Å². The Hall–Kier alpha value is -2.83. The van der Waals surface area contributed by atoms with Crippen LogP contribution in [0.1, 0.15) is 62.2 Å². The summed E-state index contributed by atoms with van der Waals surface area (Å²) in [5, 5.41) is 31.6. The highest BCUT2D eigenvalue weighted by atomic mass is 16.4. The first-order valence-electron chi connectivity index (χ1n) is 10.5. The average molecular weight is 413 g/mol. The van der Waals surface area contributed by atoms with E-state index in [9.17, 15) is 24.6 Å². The summed E-state index contributed by atoms with van der Waals surface area (Å²) in [5.74, 6) is -2.04. The average Bonchev–Trinajstić information content (AvgIpc) is 2.73. The zero-order valence-electron chi connectivity index (χ0n) is 17.0. The molecule has 0 aromatic heterocycles. The van der Waals surface area contributed by atoms with Crippen LogP contribution in [-0.4, -0.2) is 33.0 Å². The summed E-state index contributed by atoms with van der Waals surface area (Å²) in [7, 11) is 0. The van der Waals surface area contributed by atoms with E-state index in [4.69, 9.17) is 5.11 Å². The topological polar surface area (TPSA) is 124 Å². The lowest BCUT2D eigenvalue weighted by molar-refractivity contribution is -0.138. The van der Waals surface area contributed by atoms with E-state index in [-0.39, 0.29) is 29.2 Å². The Kier molecular flexibility index (Phi) is 4.87. The molecule has 4 N–H and O–H groups in total. The first-order valence-corrected chi connectivity index (χ1v) is 10.5. The fraction of sp³-hybridized carbons (Fsp3) is 0.522. The third kappa shape index (κ3) is 3.16. The Labute approximate surface area is 174 Å². The van der Waals surface area contributed by atoms with Gasteiger partial charge < -0.3 is 20.6 Å². The molecule has 3 saturated carbocycles. The van der Waals surface area contributed by atoms with Crippen molar-refractivity contribution in [2.45, 2.75) is 51.9 Å². The fourth-order valence-corrected chi connectivity index (χ4v) is 5.90. The van der Waals surface area contributed by atoms with E-state index < -0.39 is 34.4 Å². The molecule has 2 atom stereocenters. The number of carbonyl (C=O) groups excluding carboxylic acids is 2. The van der Waals surface area contributed by atoms with Gasteiger partial charge in [0.1, 0.15) is 17.0 Å². The number of hydrogen-bond acceptors (Lipinski definition) is 5. The molecule has 3 fully saturated rings. The van der Waals surface area contributed by atoms with Gasteiger partial charge in [0.05, 0.1) is 0 Å². The minimum absolute atomic E-state index is 0.0313. The highest BCUT2D eigenvalue weighted by Crippen LogP contribution is 2.63. The van der Waals surface area contributed by atoms with Crippen molar-refractivity contribution in [2.24, 2.45) is 22.7 Å². The second kappa shape index (κ2) is 7.15. The fourth-order valence-electron chi connectivity index (χ4n) is 5.90. The van der Waals surface area contributed by atoms with Crippen molar-refractivity contribution in [2.75, 3.05) is 5.32 Å². The Balaban J connectivity index is 1.50. The number of carbonyl (C=O) groups is 3. The predicted molar refractivity (Wildman–Crippen MR) is 109 cm³/mol. The molecule has 30 heavy (non-hydrogen) atoms. The maximum atomic E-state index is 12.9. The summed E-state index contributed by atoms with van der Waals surface area (Å²) in [5.41, 5.74) is -1.31. The van der Waals surface area contributed by atoms with Gasteiger partial charge in [0.15, 0.2) is 11.5 Å². The lowest BCUT2D eigenvalue weighted by Gasteiger charge is -2.58. The number of phenolic OH excluding ortho intramolecular Hbond substituents is 1. The molecule has 7 heteroatoms. The molecule has 0 radical (unpaired) electrons. The first kappa shape index (κ1) is 20.4. The number of amides is 1. The minimum Gasteiger partial charge on any atom is -0.506 e. The molecule has 2 bridgehead atoms. The standard InChI is InChI=1S/C23H27NO6/c1-22(16-12-13-4-9-23(16,10-5-13)11-6-17(22)26)8-7-18(27)24-19-15(25)3-2-14(20(19)28)21(29)30/h2-3,6,11,13,16,25,28H,4-5,7-10,12H2,1H3,(H,24,27)(H,29,30)/t13?,16-,22-,23?/m0/s1. The van der Waals surface area contributed by atoms with E-state index in [0.717, 1.165) is 31.4 Å². The number of rotatable bonds is 5. The Morgan fingerprint density at radius 1 is 1.20 bits per heavy atom. The van der Waals surface area contributed by atoms with E-state index in [1.165, 1.54) is 12.8 Å². The SMILES string of the molecule is C[C@@]1(CCC(=O)Nc2c(O)ccc(C(=O)O)c2O)C(=O)C=CC23CCC(CC2)C[C@H]31. The van der Waals surface area contributed by atoms with Gasteiger partial charge in [0.25, 0.3) is 0 Å². The highest BCUT2D eigenvalue weighted by molar-refractivity contribution is 6.00. The second-order valence-electron chi connectivity index (χ2n) is 9.29. The Morgan fingerprint density at radius 3 is 2.57 bits per heavy atom. The van der Waals surface area contributed by atoms with Crippen molar-refractivity contribution in [1.29, 1.82) is 0 Å². The van der Waals surface area contributed by atoms with Crippen LogP contribution in [0.15, 0.2) is 24.3 Å². The number of phenols is 2. The molecule has 1 aromatic rings.